The van der Waals surface area contributed by atoms with Gasteiger partial charge in [-0.15, -0.1) is 0 Å². The van der Waals surface area contributed by atoms with Crippen molar-refractivity contribution in [2.75, 3.05) is 19.6 Å². The molecule has 1 aromatic heterocycles. The lowest BCUT2D eigenvalue weighted by Gasteiger charge is -2.31. The van der Waals surface area contributed by atoms with E-state index in [0.29, 0.717) is 6.04 Å². The van der Waals surface area contributed by atoms with E-state index < -0.39 is 0 Å². The SMILES string of the molecule is c1ccc2c(CCCN3CCC(n4cncn4)CC3)cccc2c1. The van der Waals surface area contributed by atoms with Gasteiger partial charge in [0.2, 0.25) is 0 Å². The molecule has 1 fully saturated rings. The number of likely N-dealkylation sites (tertiary alicyclic amines) is 1. The quantitative estimate of drug-likeness (QED) is 0.719. The van der Waals surface area contributed by atoms with Gasteiger partial charge in [0.25, 0.3) is 0 Å². The third-order valence-electron chi connectivity index (χ3n) is 5.17. The third kappa shape index (κ3) is 3.34. The Morgan fingerprint density at radius 2 is 1.83 bits per heavy atom. The summed E-state index contributed by atoms with van der Waals surface area (Å²) in [5, 5.41) is 7.04. The van der Waals surface area contributed by atoms with Gasteiger partial charge < -0.3 is 4.90 Å². The second kappa shape index (κ2) is 7.14. The van der Waals surface area contributed by atoms with Crippen LogP contribution in [0.15, 0.2) is 55.1 Å². The van der Waals surface area contributed by atoms with Gasteiger partial charge in [-0.25, -0.2) is 9.67 Å². The van der Waals surface area contributed by atoms with Crippen molar-refractivity contribution >= 4 is 10.8 Å². The number of piperidine rings is 1. The van der Waals surface area contributed by atoms with Gasteiger partial charge in [0.15, 0.2) is 0 Å². The Hall–Kier alpha value is -2.20. The molecule has 0 spiro atoms. The zero-order valence-electron chi connectivity index (χ0n) is 14.0. The summed E-state index contributed by atoms with van der Waals surface area (Å²) in [6, 6.07) is 15.9. The Kier molecular flexibility index (Phi) is 4.56. The lowest BCUT2D eigenvalue weighted by atomic mass is 10.0. The zero-order chi connectivity index (χ0) is 16.2. The highest BCUT2D eigenvalue weighted by molar-refractivity contribution is 5.85. The molecule has 4 nitrogen and oxygen atoms in total. The predicted molar refractivity (Wildman–Crippen MR) is 97.0 cm³/mol. The van der Waals surface area contributed by atoms with E-state index in [9.17, 15) is 0 Å². The van der Waals surface area contributed by atoms with E-state index >= 15 is 0 Å². The molecule has 1 aliphatic rings. The summed E-state index contributed by atoms with van der Waals surface area (Å²) in [5.41, 5.74) is 1.48. The number of hydrogen-bond donors (Lipinski definition) is 0. The molecule has 4 heteroatoms. The van der Waals surface area contributed by atoms with Crippen molar-refractivity contribution in [2.45, 2.75) is 31.7 Å². The molecular weight excluding hydrogens is 296 g/mol. The first kappa shape index (κ1) is 15.3. The van der Waals surface area contributed by atoms with Crippen LogP contribution in [0.4, 0.5) is 0 Å². The second-order valence-electron chi connectivity index (χ2n) is 6.69. The largest absolute Gasteiger partial charge is 0.303 e. The maximum absolute atomic E-state index is 4.28. The summed E-state index contributed by atoms with van der Waals surface area (Å²) in [7, 11) is 0. The molecular formula is C20H24N4. The Bertz CT molecular complexity index is 768. The molecule has 0 amide bonds. The van der Waals surface area contributed by atoms with Crippen LogP contribution >= 0.6 is 0 Å². The number of rotatable bonds is 5. The number of hydrogen-bond acceptors (Lipinski definition) is 3. The highest BCUT2D eigenvalue weighted by Gasteiger charge is 2.20. The molecule has 0 aliphatic carbocycles. The number of nitrogens with zero attached hydrogens (tertiary/aromatic N) is 4. The van der Waals surface area contributed by atoms with Gasteiger partial charge in [-0.3, -0.25) is 0 Å². The van der Waals surface area contributed by atoms with Crippen LogP contribution in [0.3, 0.4) is 0 Å². The first-order valence-corrected chi connectivity index (χ1v) is 8.93. The summed E-state index contributed by atoms with van der Waals surface area (Å²) in [6.45, 7) is 3.52. The normalized spacial score (nSPS) is 16.7. The smallest absolute Gasteiger partial charge is 0.137 e. The summed E-state index contributed by atoms with van der Waals surface area (Å²) in [4.78, 5) is 6.66. The van der Waals surface area contributed by atoms with Crippen molar-refractivity contribution in [3.05, 3.63) is 60.7 Å². The molecule has 3 aromatic rings. The topological polar surface area (TPSA) is 34.0 Å². The van der Waals surface area contributed by atoms with E-state index in [4.69, 9.17) is 0 Å². The van der Waals surface area contributed by atoms with Crippen LogP contribution in [-0.2, 0) is 6.42 Å². The Labute approximate surface area is 143 Å². The van der Waals surface area contributed by atoms with Crippen LogP contribution in [0, 0.1) is 0 Å². The van der Waals surface area contributed by atoms with Crippen LogP contribution in [0.1, 0.15) is 30.9 Å². The van der Waals surface area contributed by atoms with E-state index in [1.165, 1.54) is 55.2 Å². The first-order chi connectivity index (χ1) is 11.9. The van der Waals surface area contributed by atoms with Gasteiger partial charge in [0.05, 0.1) is 6.04 Å². The van der Waals surface area contributed by atoms with E-state index in [1.807, 2.05) is 11.0 Å². The lowest BCUT2D eigenvalue weighted by molar-refractivity contribution is 0.178. The van der Waals surface area contributed by atoms with Crippen LogP contribution in [0.2, 0.25) is 0 Å². The van der Waals surface area contributed by atoms with Gasteiger partial charge >= 0.3 is 0 Å². The molecule has 2 heterocycles. The van der Waals surface area contributed by atoms with Crippen molar-refractivity contribution in [1.29, 1.82) is 0 Å². The first-order valence-electron chi connectivity index (χ1n) is 8.93. The fourth-order valence-electron chi connectivity index (χ4n) is 3.82. The Morgan fingerprint density at radius 1 is 1.00 bits per heavy atom. The monoisotopic (exact) mass is 320 g/mol. The average Bonchev–Trinajstić information content (AvgIpc) is 3.17. The Balaban J connectivity index is 1.29. The van der Waals surface area contributed by atoms with Crippen LogP contribution < -0.4 is 0 Å². The number of aromatic nitrogens is 3. The summed E-state index contributed by atoms with van der Waals surface area (Å²) in [5.74, 6) is 0. The van der Waals surface area contributed by atoms with E-state index in [2.05, 4.69) is 57.4 Å². The maximum Gasteiger partial charge on any atom is 0.137 e. The molecule has 0 saturated carbocycles. The lowest BCUT2D eigenvalue weighted by Crippen LogP contribution is -2.35. The molecule has 0 radical (unpaired) electrons. The number of aryl methyl sites for hydroxylation is 1. The molecule has 1 saturated heterocycles. The minimum absolute atomic E-state index is 0.529. The van der Waals surface area contributed by atoms with Crippen molar-refractivity contribution in [1.82, 2.24) is 19.7 Å². The van der Waals surface area contributed by atoms with Gasteiger partial charge in [-0.2, -0.15) is 5.10 Å². The molecule has 0 unspecified atom stereocenters. The van der Waals surface area contributed by atoms with Crippen LogP contribution in [0.25, 0.3) is 10.8 Å². The van der Waals surface area contributed by atoms with Gasteiger partial charge in [0.1, 0.15) is 12.7 Å². The molecule has 2 aromatic carbocycles. The van der Waals surface area contributed by atoms with Crippen LogP contribution in [-0.4, -0.2) is 39.3 Å². The molecule has 4 rings (SSSR count). The summed E-state index contributed by atoms with van der Waals surface area (Å²) in [6.07, 6.45) is 8.22. The summed E-state index contributed by atoms with van der Waals surface area (Å²) >= 11 is 0. The summed E-state index contributed by atoms with van der Waals surface area (Å²) < 4.78 is 2.02. The van der Waals surface area contributed by atoms with Crippen molar-refractivity contribution in [3.63, 3.8) is 0 Å². The van der Waals surface area contributed by atoms with Gasteiger partial charge in [-0.1, -0.05) is 42.5 Å². The fraction of sp³-hybridized carbons (Fsp3) is 0.400. The van der Waals surface area contributed by atoms with Crippen LogP contribution in [0.5, 0.6) is 0 Å². The number of benzene rings is 2. The van der Waals surface area contributed by atoms with Gasteiger partial charge in [0, 0.05) is 13.1 Å². The van der Waals surface area contributed by atoms with E-state index in [1.54, 1.807) is 6.33 Å². The van der Waals surface area contributed by atoms with E-state index in [-0.39, 0.29) is 0 Å². The molecule has 0 N–H and O–H groups in total. The van der Waals surface area contributed by atoms with Gasteiger partial charge in [-0.05, 0) is 48.6 Å². The highest BCUT2D eigenvalue weighted by Crippen LogP contribution is 2.22. The molecule has 0 bridgehead atoms. The Morgan fingerprint density at radius 3 is 2.67 bits per heavy atom. The average molecular weight is 320 g/mol. The standard InChI is InChI=1S/C20H24N4/c1-2-9-20-17(5-1)6-3-7-18(20)8-4-12-23-13-10-19(11-14-23)24-16-21-15-22-24/h1-3,5-7,9,15-16,19H,4,8,10-14H2. The highest BCUT2D eigenvalue weighted by atomic mass is 15.3. The minimum Gasteiger partial charge on any atom is -0.303 e. The molecule has 1 aliphatic heterocycles. The fourth-order valence-corrected chi connectivity index (χ4v) is 3.82. The van der Waals surface area contributed by atoms with Crippen molar-refractivity contribution in [2.24, 2.45) is 0 Å². The molecule has 0 atom stereocenters. The molecule has 124 valence electrons. The predicted octanol–water partition coefficient (Wildman–Crippen LogP) is 3.70. The zero-order valence-corrected chi connectivity index (χ0v) is 14.0. The minimum atomic E-state index is 0.529. The maximum atomic E-state index is 4.28. The van der Waals surface area contributed by atoms with Crippen molar-refractivity contribution in [3.8, 4) is 0 Å². The molecule has 24 heavy (non-hydrogen) atoms. The van der Waals surface area contributed by atoms with E-state index in [0.717, 1.165) is 6.42 Å². The number of fused-ring (bicyclic) bond motifs is 1. The second-order valence-corrected chi connectivity index (χ2v) is 6.69. The van der Waals surface area contributed by atoms with Crippen molar-refractivity contribution < 1.29 is 0 Å². The third-order valence-corrected chi connectivity index (χ3v) is 5.17.